The van der Waals surface area contributed by atoms with Crippen LogP contribution in [-0.2, 0) is 0 Å². The number of carbonyl (C=O) groups excluding carboxylic acids is 1. The summed E-state index contributed by atoms with van der Waals surface area (Å²) in [4.78, 5) is 14.2. The lowest BCUT2D eigenvalue weighted by atomic mass is 10.1. The molecule has 5 heteroatoms. The molecule has 2 aromatic rings. The van der Waals surface area contributed by atoms with E-state index in [1.807, 2.05) is 24.3 Å². The molecule has 2 aromatic carbocycles. The molecule has 114 valence electrons. The van der Waals surface area contributed by atoms with Gasteiger partial charge in [-0.2, -0.15) is 0 Å². The summed E-state index contributed by atoms with van der Waals surface area (Å²) >= 11 is 5.91. The topological polar surface area (TPSA) is 32.3 Å². The summed E-state index contributed by atoms with van der Waals surface area (Å²) in [6.45, 7) is 0.689. The van der Waals surface area contributed by atoms with E-state index in [0.717, 1.165) is 18.4 Å². The van der Waals surface area contributed by atoms with Crippen LogP contribution in [0, 0.1) is 5.82 Å². The molecule has 0 spiro atoms. The maximum Gasteiger partial charge on any atom is 0.322 e. The fourth-order valence-corrected chi connectivity index (χ4v) is 2.93. The molecule has 0 bridgehead atoms. The van der Waals surface area contributed by atoms with Crippen molar-refractivity contribution in [1.82, 2.24) is 4.90 Å². The largest absolute Gasteiger partial charge is 0.322 e. The van der Waals surface area contributed by atoms with Crippen LogP contribution in [0.25, 0.3) is 0 Å². The van der Waals surface area contributed by atoms with Gasteiger partial charge >= 0.3 is 6.03 Å². The van der Waals surface area contributed by atoms with Crippen molar-refractivity contribution in [2.24, 2.45) is 0 Å². The highest BCUT2D eigenvalue weighted by Gasteiger charge is 2.29. The normalized spacial score (nSPS) is 17.5. The molecule has 0 unspecified atom stereocenters. The number of rotatable bonds is 2. The molecule has 1 fully saturated rings. The van der Waals surface area contributed by atoms with Crippen molar-refractivity contribution in [2.45, 2.75) is 18.9 Å². The van der Waals surface area contributed by atoms with Gasteiger partial charge in [0.1, 0.15) is 5.82 Å². The molecule has 1 atom stereocenters. The summed E-state index contributed by atoms with van der Waals surface area (Å²) in [6.07, 6.45) is 1.86. The van der Waals surface area contributed by atoms with E-state index in [0.29, 0.717) is 17.3 Å². The summed E-state index contributed by atoms with van der Waals surface area (Å²) in [5, 5.41) is 3.43. The molecule has 0 radical (unpaired) electrons. The van der Waals surface area contributed by atoms with E-state index in [1.165, 1.54) is 12.1 Å². The molecule has 0 saturated carbocycles. The fourth-order valence-electron chi connectivity index (χ4n) is 2.80. The summed E-state index contributed by atoms with van der Waals surface area (Å²) in [5.74, 6) is -0.367. The highest BCUT2D eigenvalue weighted by molar-refractivity contribution is 6.30. The molecule has 1 saturated heterocycles. The molecule has 0 aliphatic carbocycles. The second-order valence-electron chi connectivity index (χ2n) is 5.34. The number of hydrogen-bond acceptors (Lipinski definition) is 1. The summed E-state index contributed by atoms with van der Waals surface area (Å²) in [5.41, 5.74) is 1.53. The Labute approximate surface area is 133 Å². The number of halogens is 2. The van der Waals surface area contributed by atoms with E-state index in [9.17, 15) is 9.18 Å². The van der Waals surface area contributed by atoms with E-state index in [4.69, 9.17) is 11.6 Å². The molecular formula is C17H16ClFN2O. The van der Waals surface area contributed by atoms with Gasteiger partial charge in [0.15, 0.2) is 0 Å². The van der Waals surface area contributed by atoms with Crippen molar-refractivity contribution in [2.75, 3.05) is 11.9 Å². The number of hydrogen-bond donors (Lipinski definition) is 1. The molecule has 1 N–H and O–H groups in total. The van der Waals surface area contributed by atoms with Gasteiger partial charge < -0.3 is 10.2 Å². The van der Waals surface area contributed by atoms with Gasteiger partial charge in [-0.15, -0.1) is 0 Å². The highest BCUT2D eigenvalue weighted by atomic mass is 35.5. The molecule has 1 aliphatic heterocycles. The van der Waals surface area contributed by atoms with Crippen molar-refractivity contribution in [3.05, 3.63) is 64.9 Å². The van der Waals surface area contributed by atoms with E-state index in [2.05, 4.69) is 5.32 Å². The predicted octanol–water partition coefficient (Wildman–Crippen LogP) is 4.85. The number of urea groups is 1. The average Bonchev–Trinajstić information content (AvgIpc) is 2.97. The Kier molecular flexibility index (Phi) is 4.29. The maximum atomic E-state index is 13.2. The lowest BCUT2D eigenvalue weighted by Crippen LogP contribution is -2.34. The van der Waals surface area contributed by atoms with Gasteiger partial charge in [0, 0.05) is 17.3 Å². The molecule has 2 amide bonds. The number of amides is 2. The third-order valence-corrected chi connectivity index (χ3v) is 4.10. The molecule has 1 heterocycles. The third-order valence-electron chi connectivity index (χ3n) is 3.84. The molecule has 3 rings (SSSR count). The van der Waals surface area contributed by atoms with E-state index < -0.39 is 0 Å². The number of nitrogens with one attached hydrogen (secondary N) is 1. The van der Waals surface area contributed by atoms with E-state index in [1.54, 1.807) is 17.0 Å². The third kappa shape index (κ3) is 3.22. The monoisotopic (exact) mass is 318 g/mol. The van der Waals surface area contributed by atoms with Gasteiger partial charge in [-0.25, -0.2) is 9.18 Å². The minimum absolute atomic E-state index is 0.0332. The van der Waals surface area contributed by atoms with Crippen LogP contribution in [0.2, 0.25) is 5.02 Å². The number of carbonyl (C=O) groups is 1. The van der Waals surface area contributed by atoms with E-state index in [-0.39, 0.29) is 17.9 Å². The van der Waals surface area contributed by atoms with Gasteiger partial charge in [-0.1, -0.05) is 29.8 Å². The van der Waals surface area contributed by atoms with Crippen LogP contribution in [0.4, 0.5) is 14.9 Å². The lowest BCUT2D eigenvalue weighted by Gasteiger charge is -2.25. The first-order valence-corrected chi connectivity index (χ1v) is 7.60. The maximum absolute atomic E-state index is 13.2. The predicted molar refractivity (Wildman–Crippen MR) is 85.6 cm³/mol. The van der Waals surface area contributed by atoms with Gasteiger partial charge in [-0.3, -0.25) is 0 Å². The summed E-state index contributed by atoms with van der Waals surface area (Å²) < 4.78 is 13.2. The van der Waals surface area contributed by atoms with Crippen molar-refractivity contribution in [3.8, 4) is 0 Å². The second kappa shape index (κ2) is 6.36. The number of anilines is 1. The zero-order valence-electron chi connectivity index (χ0n) is 11.9. The zero-order valence-corrected chi connectivity index (χ0v) is 12.7. The highest BCUT2D eigenvalue weighted by Crippen LogP contribution is 2.32. The molecule has 0 aromatic heterocycles. The SMILES string of the molecule is O=C(Nc1cccc(F)c1)N1CCC[C@H]1c1ccc(Cl)cc1. The number of nitrogens with zero attached hydrogens (tertiary/aromatic N) is 1. The van der Waals surface area contributed by atoms with Crippen LogP contribution in [0.3, 0.4) is 0 Å². The zero-order chi connectivity index (χ0) is 15.5. The molecule has 3 nitrogen and oxygen atoms in total. The number of benzene rings is 2. The van der Waals surface area contributed by atoms with Crippen LogP contribution >= 0.6 is 11.6 Å². The van der Waals surface area contributed by atoms with Crippen molar-refractivity contribution in [1.29, 1.82) is 0 Å². The quantitative estimate of drug-likeness (QED) is 0.843. The van der Waals surface area contributed by atoms with E-state index >= 15 is 0 Å². The minimum atomic E-state index is -0.367. The smallest absolute Gasteiger partial charge is 0.317 e. The average molecular weight is 319 g/mol. The molecule has 22 heavy (non-hydrogen) atoms. The Bertz CT molecular complexity index is 675. The Morgan fingerprint density at radius 1 is 1.23 bits per heavy atom. The summed E-state index contributed by atoms with van der Waals surface area (Å²) in [7, 11) is 0. The van der Waals surface area contributed by atoms with Crippen LogP contribution in [0.15, 0.2) is 48.5 Å². The van der Waals surface area contributed by atoms with Gasteiger partial charge in [0.05, 0.1) is 6.04 Å². The minimum Gasteiger partial charge on any atom is -0.317 e. The van der Waals surface area contributed by atoms with Crippen LogP contribution in [0.5, 0.6) is 0 Å². The molecule has 1 aliphatic rings. The fraction of sp³-hybridized carbons (Fsp3) is 0.235. The van der Waals surface area contributed by atoms with Gasteiger partial charge in [0.25, 0.3) is 0 Å². The molecular weight excluding hydrogens is 303 g/mol. The van der Waals surface area contributed by atoms with Gasteiger partial charge in [-0.05, 0) is 48.7 Å². The first-order chi connectivity index (χ1) is 10.6. The first kappa shape index (κ1) is 14.9. The van der Waals surface area contributed by atoms with Gasteiger partial charge in [0.2, 0.25) is 0 Å². The Hall–Kier alpha value is -2.07. The standard InChI is InChI=1S/C17H16ClFN2O/c18-13-8-6-12(7-9-13)16-5-2-10-21(16)17(22)20-15-4-1-3-14(19)11-15/h1,3-4,6-9,11,16H,2,5,10H2,(H,20,22)/t16-/m0/s1. The van der Waals surface area contributed by atoms with Crippen molar-refractivity contribution < 1.29 is 9.18 Å². The Morgan fingerprint density at radius 3 is 2.73 bits per heavy atom. The number of likely N-dealkylation sites (tertiary alicyclic amines) is 1. The first-order valence-electron chi connectivity index (χ1n) is 7.22. The van der Waals surface area contributed by atoms with Crippen LogP contribution < -0.4 is 5.32 Å². The van der Waals surface area contributed by atoms with Crippen molar-refractivity contribution >= 4 is 23.3 Å². The van der Waals surface area contributed by atoms with Crippen LogP contribution in [-0.4, -0.2) is 17.5 Å². The van der Waals surface area contributed by atoms with Crippen LogP contribution in [0.1, 0.15) is 24.4 Å². The second-order valence-corrected chi connectivity index (χ2v) is 5.78. The van der Waals surface area contributed by atoms with Crippen molar-refractivity contribution in [3.63, 3.8) is 0 Å². The Balaban J connectivity index is 1.75. The lowest BCUT2D eigenvalue weighted by molar-refractivity contribution is 0.207. The summed E-state index contributed by atoms with van der Waals surface area (Å²) in [6, 6.07) is 13.3. The Morgan fingerprint density at radius 2 is 2.00 bits per heavy atom.